The van der Waals surface area contributed by atoms with Gasteiger partial charge in [-0.2, -0.15) is 0 Å². The summed E-state index contributed by atoms with van der Waals surface area (Å²) in [4.78, 5) is 0. The van der Waals surface area contributed by atoms with Gasteiger partial charge in [0.05, 0.1) is 6.61 Å². The van der Waals surface area contributed by atoms with Gasteiger partial charge >= 0.3 is 0 Å². The molecule has 1 fully saturated rings. The van der Waals surface area contributed by atoms with Gasteiger partial charge in [0.2, 0.25) is 0 Å². The molecule has 6 heteroatoms. The zero-order valence-electron chi connectivity index (χ0n) is 6.24. The molecule has 0 aliphatic carbocycles. The molecule has 0 amide bonds. The van der Waals surface area contributed by atoms with Crippen molar-refractivity contribution in [1.82, 2.24) is 0 Å². The van der Waals surface area contributed by atoms with Gasteiger partial charge in [0, 0.05) is 0 Å². The lowest BCUT2D eigenvalue weighted by atomic mass is 10.00. The first-order valence-corrected chi connectivity index (χ1v) is 3.56. The normalized spacial score (nSPS) is 49.2. The quantitative estimate of drug-likeness (QED) is 0.290. The van der Waals surface area contributed by atoms with Crippen molar-refractivity contribution < 1.29 is 30.3 Å². The van der Waals surface area contributed by atoms with E-state index in [2.05, 4.69) is 4.74 Å². The first kappa shape index (κ1) is 9.85. The van der Waals surface area contributed by atoms with E-state index in [1.54, 1.807) is 0 Å². The minimum absolute atomic E-state index is 0.526. The predicted octanol–water partition coefficient (Wildman–Crippen LogP) is -3.22. The van der Waals surface area contributed by atoms with Crippen LogP contribution in [0.1, 0.15) is 0 Å². The zero-order valence-corrected chi connectivity index (χ0v) is 6.24. The van der Waals surface area contributed by atoms with Crippen LogP contribution in [0.3, 0.4) is 0 Å². The average Bonchev–Trinajstić information content (AvgIpc) is 2.08. The molecular formula is C6H12O6. The van der Waals surface area contributed by atoms with Crippen molar-refractivity contribution in [2.45, 2.75) is 30.7 Å². The van der Waals surface area contributed by atoms with Crippen LogP contribution in [0, 0.1) is 0 Å². The molecule has 0 spiro atoms. The van der Waals surface area contributed by atoms with E-state index in [0.29, 0.717) is 0 Å². The third kappa shape index (κ3) is 1.58. The monoisotopic (exact) mass is 180 g/mol. The molecule has 1 aliphatic heterocycles. The maximum atomic E-state index is 9.12. The molecule has 1 heterocycles. The number of hydrogen-bond acceptors (Lipinski definition) is 6. The first-order chi connectivity index (χ1) is 5.57. The van der Waals surface area contributed by atoms with Crippen molar-refractivity contribution in [3.05, 3.63) is 0 Å². The van der Waals surface area contributed by atoms with Gasteiger partial charge in [0.15, 0.2) is 6.29 Å². The molecule has 1 aliphatic rings. The Kier molecular flexibility index (Phi) is 2.99. The lowest BCUT2D eigenvalue weighted by Crippen LogP contribution is -2.58. The van der Waals surface area contributed by atoms with Gasteiger partial charge in [-0.1, -0.05) is 0 Å². The molecule has 1 saturated heterocycles. The standard InChI is InChI=1S/C6H12O6/c7-1-2-3(8)4(9)5(10)6(11)12-2/h2-11H,1H2/t2?,3?,4-,5-,6+/m0/s1. The number of aliphatic hydroxyl groups is 5. The number of hydrogen-bond donors (Lipinski definition) is 5. The smallest absolute Gasteiger partial charge is 0.184 e. The Labute approximate surface area is 68.6 Å². The Morgan fingerprint density at radius 3 is 2.00 bits per heavy atom. The summed E-state index contributed by atoms with van der Waals surface area (Å²) in [5.74, 6) is 0. The van der Waals surface area contributed by atoms with Gasteiger partial charge in [-0.15, -0.1) is 0 Å². The summed E-state index contributed by atoms with van der Waals surface area (Å²) in [6.07, 6.45) is -7.04. The van der Waals surface area contributed by atoms with E-state index in [9.17, 15) is 0 Å². The Hall–Kier alpha value is -0.240. The van der Waals surface area contributed by atoms with Crippen LogP contribution in [0.2, 0.25) is 0 Å². The predicted molar refractivity (Wildman–Crippen MR) is 36.0 cm³/mol. The Morgan fingerprint density at radius 1 is 0.917 bits per heavy atom. The molecule has 12 heavy (non-hydrogen) atoms. The molecule has 5 N–H and O–H groups in total. The van der Waals surface area contributed by atoms with Crippen LogP contribution in [0.5, 0.6) is 0 Å². The van der Waals surface area contributed by atoms with E-state index < -0.39 is 37.3 Å². The summed E-state index contributed by atoms with van der Waals surface area (Å²) >= 11 is 0. The summed E-state index contributed by atoms with van der Waals surface area (Å²) in [6.45, 7) is -0.526. The molecule has 72 valence electrons. The number of aliphatic hydroxyl groups excluding tert-OH is 5. The Bertz CT molecular complexity index is 146. The maximum absolute atomic E-state index is 9.12. The SMILES string of the molecule is OCC1O[C@@H](O)[C@@H](O)[C@@H](O)C1O. The average molecular weight is 180 g/mol. The van der Waals surface area contributed by atoms with Gasteiger partial charge in [-0.05, 0) is 0 Å². The van der Waals surface area contributed by atoms with Crippen molar-refractivity contribution >= 4 is 0 Å². The van der Waals surface area contributed by atoms with E-state index in [0.717, 1.165) is 0 Å². The lowest BCUT2D eigenvalue weighted by Gasteiger charge is -2.37. The molecule has 0 saturated carbocycles. The second-order valence-corrected chi connectivity index (χ2v) is 2.72. The minimum atomic E-state index is -1.57. The summed E-state index contributed by atoms with van der Waals surface area (Å²) < 4.78 is 4.58. The second-order valence-electron chi connectivity index (χ2n) is 2.72. The van der Waals surface area contributed by atoms with Crippen LogP contribution < -0.4 is 0 Å². The largest absolute Gasteiger partial charge is 0.394 e. The molecule has 6 nitrogen and oxygen atoms in total. The van der Waals surface area contributed by atoms with Crippen LogP contribution in [-0.4, -0.2) is 62.8 Å². The fourth-order valence-electron chi connectivity index (χ4n) is 1.08. The van der Waals surface area contributed by atoms with Gasteiger partial charge in [0.25, 0.3) is 0 Å². The Balaban J connectivity index is 2.63. The minimum Gasteiger partial charge on any atom is -0.394 e. The van der Waals surface area contributed by atoms with E-state index in [1.807, 2.05) is 0 Å². The topological polar surface area (TPSA) is 110 Å². The first-order valence-electron chi connectivity index (χ1n) is 3.56. The van der Waals surface area contributed by atoms with Gasteiger partial charge in [0.1, 0.15) is 24.4 Å². The number of ether oxygens (including phenoxy) is 1. The summed E-state index contributed by atoms with van der Waals surface area (Å²) in [6, 6.07) is 0. The maximum Gasteiger partial charge on any atom is 0.184 e. The molecule has 0 bridgehead atoms. The van der Waals surface area contributed by atoms with Crippen molar-refractivity contribution in [1.29, 1.82) is 0 Å². The second kappa shape index (κ2) is 3.65. The van der Waals surface area contributed by atoms with Gasteiger partial charge in [-0.25, -0.2) is 0 Å². The van der Waals surface area contributed by atoms with E-state index in [-0.39, 0.29) is 0 Å². The van der Waals surface area contributed by atoms with Crippen molar-refractivity contribution in [2.24, 2.45) is 0 Å². The molecule has 0 aromatic carbocycles. The van der Waals surface area contributed by atoms with Gasteiger partial charge in [-0.3, -0.25) is 0 Å². The summed E-state index contributed by atoms with van der Waals surface area (Å²) in [5, 5.41) is 44.7. The highest BCUT2D eigenvalue weighted by Crippen LogP contribution is 2.18. The lowest BCUT2D eigenvalue weighted by molar-refractivity contribution is -0.286. The van der Waals surface area contributed by atoms with Crippen LogP contribution >= 0.6 is 0 Å². The van der Waals surface area contributed by atoms with Crippen LogP contribution in [0.15, 0.2) is 0 Å². The van der Waals surface area contributed by atoms with E-state index in [4.69, 9.17) is 25.5 Å². The Morgan fingerprint density at radius 2 is 1.50 bits per heavy atom. The third-order valence-electron chi connectivity index (χ3n) is 1.87. The number of rotatable bonds is 1. The highest BCUT2D eigenvalue weighted by molar-refractivity contribution is 4.87. The van der Waals surface area contributed by atoms with Crippen LogP contribution in [-0.2, 0) is 4.74 Å². The fraction of sp³-hybridized carbons (Fsp3) is 1.00. The van der Waals surface area contributed by atoms with Crippen molar-refractivity contribution in [3.63, 3.8) is 0 Å². The highest BCUT2D eigenvalue weighted by atomic mass is 16.6. The summed E-state index contributed by atoms with van der Waals surface area (Å²) in [5.41, 5.74) is 0. The fourth-order valence-corrected chi connectivity index (χ4v) is 1.08. The molecule has 2 unspecified atom stereocenters. The van der Waals surface area contributed by atoms with Crippen LogP contribution in [0.25, 0.3) is 0 Å². The molecular weight excluding hydrogens is 168 g/mol. The van der Waals surface area contributed by atoms with Crippen LogP contribution in [0.4, 0.5) is 0 Å². The third-order valence-corrected chi connectivity index (χ3v) is 1.87. The van der Waals surface area contributed by atoms with Crippen molar-refractivity contribution in [2.75, 3.05) is 6.61 Å². The highest BCUT2D eigenvalue weighted by Gasteiger charge is 2.42. The molecule has 0 aromatic rings. The summed E-state index contributed by atoms with van der Waals surface area (Å²) in [7, 11) is 0. The molecule has 5 atom stereocenters. The molecule has 0 radical (unpaired) electrons. The van der Waals surface area contributed by atoms with E-state index in [1.165, 1.54) is 0 Å². The van der Waals surface area contributed by atoms with E-state index >= 15 is 0 Å². The zero-order chi connectivity index (χ0) is 9.30. The molecule has 0 aromatic heterocycles. The molecule has 1 rings (SSSR count). The van der Waals surface area contributed by atoms with Crippen molar-refractivity contribution in [3.8, 4) is 0 Å². The van der Waals surface area contributed by atoms with Gasteiger partial charge < -0.3 is 30.3 Å².